The molecule has 0 fully saturated rings. The van der Waals surface area contributed by atoms with Crippen LogP contribution in [0.4, 0.5) is 5.82 Å². The predicted molar refractivity (Wildman–Crippen MR) is 99.4 cm³/mol. The highest BCUT2D eigenvalue weighted by Gasteiger charge is 2.24. The van der Waals surface area contributed by atoms with Crippen molar-refractivity contribution < 1.29 is 0 Å². The summed E-state index contributed by atoms with van der Waals surface area (Å²) in [5, 5.41) is 0. The van der Waals surface area contributed by atoms with Gasteiger partial charge in [0.25, 0.3) is 0 Å². The molecule has 0 amide bonds. The van der Waals surface area contributed by atoms with Crippen molar-refractivity contribution in [2.75, 3.05) is 18.5 Å². The third kappa shape index (κ3) is 2.56. The normalized spacial score (nSPS) is 13.2. The van der Waals surface area contributed by atoms with Crippen LogP contribution in [0, 0.1) is 13.8 Å². The van der Waals surface area contributed by atoms with Gasteiger partial charge in [0.2, 0.25) is 0 Å². The molecule has 2 heterocycles. The molecule has 4 rings (SSSR count). The Morgan fingerprint density at radius 1 is 0.792 bits per heavy atom. The van der Waals surface area contributed by atoms with E-state index in [0.717, 1.165) is 35.9 Å². The van der Waals surface area contributed by atoms with Crippen molar-refractivity contribution in [3.63, 3.8) is 0 Å². The van der Waals surface area contributed by atoms with Crippen LogP contribution in [-0.4, -0.2) is 23.6 Å². The highest BCUT2D eigenvalue weighted by atomic mass is 15.2. The van der Waals surface area contributed by atoms with Crippen molar-refractivity contribution >= 4 is 5.82 Å². The summed E-state index contributed by atoms with van der Waals surface area (Å²) in [7, 11) is 2.11. The molecule has 2 aromatic carbocycles. The number of benzene rings is 2. The fourth-order valence-corrected chi connectivity index (χ4v) is 3.19. The number of likely N-dealkylation sites (N-methyl/N-ethyl adjacent to an activating group) is 1. The summed E-state index contributed by atoms with van der Waals surface area (Å²) in [5.74, 6) is 1.87. The van der Waals surface area contributed by atoms with E-state index < -0.39 is 0 Å². The molecule has 0 spiro atoms. The molecule has 0 bridgehead atoms. The van der Waals surface area contributed by atoms with Crippen LogP contribution in [0.15, 0.2) is 48.5 Å². The number of aryl methyl sites for hydroxylation is 2. The van der Waals surface area contributed by atoms with Crippen LogP contribution in [-0.2, 0) is 6.42 Å². The fourth-order valence-electron chi connectivity index (χ4n) is 3.19. The van der Waals surface area contributed by atoms with Crippen molar-refractivity contribution in [2.45, 2.75) is 20.3 Å². The second-order valence-corrected chi connectivity index (χ2v) is 6.60. The molecule has 120 valence electrons. The maximum absolute atomic E-state index is 4.94. The number of nitrogens with zero attached hydrogens (tertiary/aromatic N) is 3. The zero-order valence-corrected chi connectivity index (χ0v) is 14.4. The smallest absolute Gasteiger partial charge is 0.162 e. The lowest BCUT2D eigenvalue weighted by Gasteiger charge is -2.14. The van der Waals surface area contributed by atoms with Crippen LogP contribution < -0.4 is 4.90 Å². The lowest BCUT2D eigenvalue weighted by Crippen LogP contribution is -2.14. The lowest BCUT2D eigenvalue weighted by atomic mass is 10.0. The molecule has 0 saturated heterocycles. The van der Waals surface area contributed by atoms with Crippen molar-refractivity contribution in [3.8, 4) is 22.6 Å². The van der Waals surface area contributed by atoms with Gasteiger partial charge in [-0.05, 0) is 20.3 Å². The first kappa shape index (κ1) is 14.9. The van der Waals surface area contributed by atoms with Crippen molar-refractivity contribution in [1.82, 2.24) is 9.97 Å². The average Bonchev–Trinajstić information content (AvgIpc) is 2.97. The summed E-state index contributed by atoms with van der Waals surface area (Å²) in [6, 6.07) is 17.0. The molecule has 0 saturated carbocycles. The molecular weight excluding hydrogens is 294 g/mol. The van der Waals surface area contributed by atoms with Gasteiger partial charge in [-0.15, -0.1) is 0 Å². The molecule has 0 radical (unpaired) electrons. The first-order valence-electron chi connectivity index (χ1n) is 8.38. The van der Waals surface area contributed by atoms with Crippen LogP contribution in [0.3, 0.4) is 0 Å². The average molecular weight is 315 g/mol. The first-order chi connectivity index (χ1) is 11.6. The van der Waals surface area contributed by atoms with Gasteiger partial charge in [-0.3, -0.25) is 0 Å². The maximum Gasteiger partial charge on any atom is 0.162 e. The van der Waals surface area contributed by atoms with E-state index in [1.165, 1.54) is 22.3 Å². The Bertz CT molecular complexity index is 880. The van der Waals surface area contributed by atoms with E-state index >= 15 is 0 Å². The van der Waals surface area contributed by atoms with E-state index in [2.05, 4.69) is 74.3 Å². The Morgan fingerprint density at radius 3 is 2.00 bits per heavy atom. The van der Waals surface area contributed by atoms with Gasteiger partial charge in [0.1, 0.15) is 5.82 Å². The molecule has 0 aliphatic carbocycles. The summed E-state index contributed by atoms with van der Waals surface area (Å²) in [6.45, 7) is 5.21. The minimum atomic E-state index is 0.804. The molecule has 1 aliphatic rings. The standard InChI is InChI=1S/C21H21N3/c1-14-4-8-16(9-5-14)19-18-12-13-24(3)21(18)23-20(22-19)17-10-6-15(2)7-11-17/h4-11H,12-13H2,1-3H3. The molecule has 3 nitrogen and oxygen atoms in total. The predicted octanol–water partition coefficient (Wildman–Crippen LogP) is 4.42. The quantitative estimate of drug-likeness (QED) is 0.701. The number of fused-ring (bicyclic) bond motifs is 1. The lowest BCUT2D eigenvalue weighted by molar-refractivity contribution is 0.946. The summed E-state index contributed by atoms with van der Waals surface area (Å²) >= 11 is 0. The van der Waals surface area contributed by atoms with E-state index in [1.54, 1.807) is 0 Å². The highest BCUT2D eigenvalue weighted by molar-refractivity contribution is 5.74. The fraction of sp³-hybridized carbons (Fsp3) is 0.238. The zero-order chi connectivity index (χ0) is 16.7. The van der Waals surface area contributed by atoms with Gasteiger partial charge in [-0.25, -0.2) is 9.97 Å². The molecule has 0 atom stereocenters. The molecule has 24 heavy (non-hydrogen) atoms. The molecule has 3 aromatic rings. The molecule has 1 aliphatic heterocycles. The van der Waals surface area contributed by atoms with Crippen molar-refractivity contribution in [3.05, 3.63) is 65.2 Å². The minimum absolute atomic E-state index is 0.804. The van der Waals surface area contributed by atoms with E-state index in [-0.39, 0.29) is 0 Å². The van der Waals surface area contributed by atoms with Crippen LogP contribution >= 0.6 is 0 Å². The molecular formula is C21H21N3. The number of rotatable bonds is 2. The van der Waals surface area contributed by atoms with E-state index in [9.17, 15) is 0 Å². The SMILES string of the molecule is Cc1ccc(-c2nc(-c3ccc(C)cc3)c3c(n2)N(C)CC3)cc1. The number of hydrogen-bond donors (Lipinski definition) is 0. The van der Waals surface area contributed by atoms with Gasteiger partial charge >= 0.3 is 0 Å². The Labute approximate surface area is 143 Å². The Kier molecular flexibility index (Phi) is 3.57. The van der Waals surface area contributed by atoms with E-state index in [4.69, 9.17) is 9.97 Å². The van der Waals surface area contributed by atoms with Gasteiger partial charge in [0.15, 0.2) is 5.82 Å². The van der Waals surface area contributed by atoms with Gasteiger partial charge in [0.05, 0.1) is 5.69 Å². The minimum Gasteiger partial charge on any atom is -0.359 e. The third-order valence-electron chi connectivity index (χ3n) is 4.68. The summed E-state index contributed by atoms with van der Waals surface area (Å²) in [5.41, 5.74) is 7.08. The zero-order valence-electron chi connectivity index (χ0n) is 14.4. The number of anilines is 1. The Hall–Kier alpha value is -2.68. The number of hydrogen-bond acceptors (Lipinski definition) is 3. The van der Waals surface area contributed by atoms with Gasteiger partial charge < -0.3 is 4.90 Å². The number of aromatic nitrogens is 2. The molecule has 1 aromatic heterocycles. The van der Waals surface area contributed by atoms with Gasteiger partial charge in [-0.2, -0.15) is 0 Å². The van der Waals surface area contributed by atoms with Crippen LogP contribution in [0.2, 0.25) is 0 Å². The molecule has 0 N–H and O–H groups in total. The Morgan fingerprint density at radius 2 is 1.38 bits per heavy atom. The van der Waals surface area contributed by atoms with Crippen molar-refractivity contribution in [1.29, 1.82) is 0 Å². The largest absolute Gasteiger partial charge is 0.359 e. The van der Waals surface area contributed by atoms with Crippen LogP contribution in [0.1, 0.15) is 16.7 Å². The second kappa shape index (κ2) is 5.75. The molecule has 3 heteroatoms. The maximum atomic E-state index is 4.94. The third-order valence-corrected chi connectivity index (χ3v) is 4.68. The highest BCUT2D eigenvalue weighted by Crippen LogP contribution is 2.35. The summed E-state index contributed by atoms with van der Waals surface area (Å²) in [4.78, 5) is 12.0. The summed E-state index contributed by atoms with van der Waals surface area (Å²) in [6.07, 6.45) is 1.00. The topological polar surface area (TPSA) is 29.0 Å². The van der Waals surface area contributed by atoms with Gasteiger partial charge in [0, 0.05) is 30.3 Å². The van der Waals surface area contributed by atoms with Crippen LogP contribution in [0.25, 0.3) is 22.6 Å². The van der Waals surface area contributed by atoms with E-state index in [1.807, 2.05) is 0 Å². The monoisotopic (exact) mass is 315 g/mol. The summed E-state index contributed by atoms with van der Waals surface area (Å²) < 4.78 is 0. The van der Waals surface area contributed by atoms with Crippen LogP contribution in [0.5, 0.6) is 0 Å². The first-order valence-corrected chi connectivity index (χ1v) is 8.38. The molecule has 0 unspecified atom stereocenters. The van der Waals surface area contributed by atoms with Gasteiger partial charge in [-0.1, -0.05) is 59.7 Å². The van der Waals surface area contributed by atoms with E-state index in [0.29, 0.717) is 0 Å². The van der Waals surface area contributed by atoms with Crippen molar-refractivity contribution in [2.24, 2.45) is 0 Å². The Balaban J connectivity index is 1.91. The second-order valence-electron chi connectivity index (χ2n) is 6.60.